The highest BCUT2D eigenvalue weighted by molar-refractivity contribution is 5.94. The van der Waals surface area contributed by atoms with Gasteiger partial charge in [0.2, 0.25) is 0 Å². The maximum atomic E-state index is 6.06. The molecule has 26 heavy (non-hydrogen) atoms. The molecule has 6 heteroatoms. The molecule has 0 radical (unpaired) electrons. The highest BCUT2D eigenvalue weighted by Crippen LogP contribution is 2.29. The lowest BCUT2D eigenvalue weighted by Crippen LogP contribution is -2.24. The molecule has 0 aliphatic carbocycles. The van der Waals surface area contributed by atoms with Crippen LogP contribution in [0.15, 0.2) is 41.4 Å². The van der Waals surface area contributed by atoms with Gasteiger partial charge >= 0.3 is 0 Å². The number of nitrogens with zero attached hydrogens (tertiary/aromatic N) is 2. The van der Waals surface area contributed by atoms with Crippen LogP contribution in [0.5, 0.6) is 11.5 Å². The van der Waals surface area contributed by atoms with Crippen molar-refractivity contribution >= 4 is 17.3 Å². The van der Waals surface area contributed by atoms with E-state index in [4.69, 9.17) is 15.2 Å². The number of ether oxygens (including phenoxy) is 2. The maximum absolute atomic E-state index is 6.06. The van der Waals surface area contributed by atoms with Gasteiger partial charge in [0, 0.05) is 25.3 Å². The summed E-state index contributed by atoms with van der Waals surface area (Å²) in [6.45, 7) is 1.64. The van der Waals surface area contributed by atoms with Gasteiger partial charge in [-0.25, -0.2) is 4.99 Å². The molecule has 1 aliphatic heterocycles. The van der Waals surface area contributed by atoms with Crippen LogP contribution in [-0.4, -0.2) is 33.8 Å². The number of fused-ring (bicyclic) bond motifs is 1. The van der Waals surface area contributed by atoms with Gasteiger partial charge in [0.25, 0.3) is 0 Å². The first-order valence-corrected chi connectivity index (χ1v) is 8.72. The SMILES string of the molecule is COc1ccc(OC)c(NC(N)=NCc2ccc3c(c2)CCCN3C)c1. The van der Waals surface area contributed by atoms with Gasteiger partial charge in [0.05, 0.1) is 26.5 Å². The third-order valence-electron chi connectivity index (χ3n) is 4.60. The van der Waals surface area contributed by atoms with Crippen molar-refractivity contribution in [3.05, 3.63) is 47.5 Å². The lowest BCUT2D eigenvalue weighted by Gasteiger charge is -2.27. The van der Waals surface area contributed by atoms with E-state index < -0.39 is 0 Å². The molecule has 138 valence electrons. The van der Waals surface area contributed by atoms with Crippen LogP contribution >= 0.6 is 0 Å². The molecular formula is C20H26N4O2. The predicted molar refractivity (Wildman–Crippen MR) is 107 cm³/mol. The Morgan fingerprint density at radius 1 is 1.19 bits per heavy atom. The van der Waals surface area contributed by atoms with Crippen LogP contribution in [0.25, 0.3) is 0 Å². The number of hydrogen-bond acceptors (Lipinski definition) is 4. The molecule has 0 amide bonds. The van der Waals surface area contributed by atoms with Crippen LogP contribution < -0.4 is 25.4 Å². The van der Waals surface area contributed by atoms with E-state index in [-0.39, 0.29) is 0 Å². The lowest BCUT2D eigenvalue weighted by atomic mass is 10.00. The molecule has 0 saturated heterocycles. The summed E-state index contributed by atoms with van der Waals surface area (Å²) in [4.78, 5) is 6.76. The normalized spacial score (nSPS) is 14.0. The molecule has 0 atom stereocenters. The van der Waals surface area contributed by atoms with Crippen LogP contribution in [0.3, 0.4) is 0 Å². The second-order valence-corrected chi connectivity index (χ2v) is 6.38. The third kappa shape index (κ3) is 4.02. The number of nitrogens with two attached hydrogens (primary N) is 1. The first-order chi connectivity index (χ1) is 12.6. The Morgan fingerprint density at radius 2 is 2.04 bits per heavy atom. The summed E-state index contributed by atoms with van der Waals surface area (Å²) in [6.07, 6.45) is 2.31. The van der Waals surface area contributed by atoms with Gasteiger partial charge in [0.1, 0.15) is 11.5 Å². The Hall–Kier alpha value is -2.89. The molecule has 0 unspecified atom stereocenters. The number of hydrogen-bond donors (Lipinski definition) is 2. The summed E-state index contributed by atoms with van der Waals surface area (Å²) >= 11 is 0. The molecule has 1 heterocycles. The first-order valence-electron chi connectivity index (χ1n) is 8.72. The average Bonchev–Trinajstić information content (AvgIpc) is 2.66. The molecular weight excluding hydrogens is 328 g/mol. The van der Waals surface area contributed by atoms with Crippen LogP contribution in [0.4, 0.5) is 11.4 Å². The molecule has 3 N–H and O–H groups in total. The van der Waals surface area contributed by atoms with Gasteiger partial charge in [-0.2, -0.15) is 0 Å². The van der Waals surface area contributed by atoms with Crippen molar-refractivity contribution in [1.82, 2.24) is 0 Å². The molecule has 2 aromatic rings. The smallest absolute Gasteiger partial charge is 0.193 e. The van der Waals surface area contributed by atoms with Gasteiger partial charge in [-0.3, -0.25) is 0 Å². The summed E-state index contributed by atoms with van der Waals surface area (Å²) in [5.74, 6) is 1.74. The zero-order valence-electron chi connectivity index (χ0n) is 15.6. The fourth-order valence-electron chi connectivity index (χ4n) is 3.20. The number of aryl methyl sites for hydroxylation is 1. The Balaban J connectivity index is 1.71. The largest absolute Gasteiger partial charge is 0.497 e. The fourth-order valence-corrected chi connectivity index (χ4v) is 3.20. The van der Waals surface area contributed by atoms with E-state index >= 15 is 0 Å². The average molecular weight is 354 g/mol. The van der Waals surface area contributed by atoms with Crippen molar-refractivity contribution in [2.45, 2.75) is 19.4 Å². The topological polar surface area (TPSA) is 72.1 Å². The number of aliphatic imine (C=N–C) groups is 1. The summed E-state index contributed by atoms with van der Waals surface area (Å²) in [5, 5.41) is 3.09. The summed E-state index contributed by atoms with van der Waals surface area (Å²) < 4.78 is 10.6. The van der Waals surface area contributed by atoms with Crippen molar-refractivity contribution in [3.63, 3.8) is 0 Å². The van der Waals surface area contributed by atoms with Gasteiger partial charge in [0.15, 0.2) is 5.96 Å². The monoisotopic (exact) mass is 354 g/mol. The van der Waals surface area contributed by atoms with Crippen molar-refractivity contribution in [1.29, 1.82) is 0 Å². The molecule has 0 bridgehead atoms. The van der Waals surface area contributed by atoms with E-state index in [9.17, 15) is 0 Å². The molecule has 0 fully saturated rings. The zero-order valence-corrected chi connectivity index (χ0v) is 15.6. The molecule has 3 rings (SSSR count). The van der Waals surface area contributed by atoms with E-state index in [1.807, 2.05) is 18.2 Å². The number of nitrogens with one attached hydrogen (secondary N) is 1. The Bertz CT molecular complexity index is 804. The van der Waals surface area contributed by atoms with Crippen molar-refractivity contribution in [2.24, 2.45) is 10.7 Å². The minimum absolute atomic E-state index is 0.339. The summed E-state index contributed by atoms with van der Waals surface area (Å²) in [5.41, 5.74) is 10.6. The predicted octanol–water partition coefficient (Wildman–Crippen LogP) is 3.01. The first kappa shape index (κ1) is 17.9. The third-order valence-corrected chi connectivity index (χ3v) is 4.60. The van der Waals surface area contributed by atoms with Gasteiger partial charge in [-0.05, 0) is 42.2 Å². The van der Waals surface area contributed by atoms with Crippen LogP contribution in [0.1, 0.15) is 17.5 Å². The van der Waals surface area contributed by atoms with Gasteiger partial charge in [-0.15, -0.1) is 0 Å². The van der Waals surface area contributed by atoms with Gasteiger partial charge in [-0.1, -0.05) is 12.1 Å². The van der Waals surface area contributed by atoms with E-state index in [1.54, 1.807) is 14.2 Å². The second kappa shape index (κ2) is 7.99. The second-order valence-electron chi connectivity index (χ2n) is 6.38. The van der Waals surface area contributed by atoms with Crippen molar-refractivity contribution < 1.29 is 9.47 Å². The molecule has 1 aliphatic rings. The number of rotatable bonds is 5. The van der Waals surface area contributed by atoms with Crippen molar-refractivity contribution in [2.75, 3.05) is 38.0 Å². The highest BCUT2D eigenvalue weighted by atomic mass is 16.5. The van der Waals surface area contributed by atoms with E-state index in [1.165, 1.54) is 17.7 Å². The molecule has 2 aromatic carbocycles. The van der Waals surface area contributed by atoms with Crippen LogP contribution in [0, 0.1) is 0 Å². The quantitative estimate of drug-likeness (QED) is 0.638. The molecule has 6 nitrogen and oxygen atoms in total. The summed E-state index contributed by atoms with van der Waals surface area (Å²) in [7, 11) is 5.38. The maximum Gasteiger partial charge on any atom is 0.193 e. The number of methoxy groups -OCH3 is 2. The van der Waals surface area contributed by atoms with E-state index in [2.05, 4.69) is 40.5 Å². The Morgan fingerprint density at radius 3 is 2.81 bits per heavy atom. The molecule has 0 aromatic heterocycles. The van der Waals surface area contributed by atoms with E-state index in [0.29, 0.717) is 18.3 Å². The highest BCUT2D eigenvalue weighted by Gasteiger charge is 2.13. The molecule has 0 spiro atoms. The Labute approximate surface area is 154 Å². The number of guanidine groups is 1. The zero-order chi connectivity index (χ0) is 18.5. The standard InChI is InChI=1S/C20H26N4O2/c1-24-10-4-5-15-11-14(6-8-18(15)24)13-22-20(21)23-17-12-16(25-2)7-9-19(17)26-3/h6-9,11-12H,4-5,10,13H2,1-3H3,(H3,21,22,23). The lowest BCUT2D eigenvalue weighted by molar-refractivity contribution is 0.405. The molecule has 0 saturated carbocycles. The number of benzene rings is 2. The minimum Gasteiger partial charge on any atom is -0.497 e. The van der Waals surface area contributed by atoms with Crippen LogP contribution in [0.2, 0.25) is 0 Å². The fraction of sp³-hybridized carbons (Fsp3) is 0.350. The minimum atomic E-state index is 0.339. The summed E-state index contributed by atoms with van der Waals surface area (Å²) in [6, 6.07) is 12.0. The van der Waals surface area contributed by atoms with E-state index in [0.717, 1.165) is 30.0 Å². The number of anilines is 2. The van der Waals surface area contributed by atoms with Crippen LogP contribution in [-0.2, 0) is 13.0 Å². The van der Waals surface area contributed by atoms with Crippen molar-refractivity contribution in [3.8, 4) is 11.5 Å². The Kier molecular flexibility index (Phi) is 5.51. The van der Waals surface area contributed by atoms with Gasteiger partial charge < -0.3 is 25.4 Å².